The molecule has 19 heavy (non-hydrogen) atoms. The molecule has 0 radical (unpaired) electrons. The molecule has 0 heterocycles. The zero-order valence-electron chi connectivity index (χ0n) is 10.7. The Balaban J connectivity index is 2.83. The highest BCUT2D eigenvalue weighted by Crippen LogP contribution is 2.19. The summed E-state index contributed by atoms with van der Waals surface area (Å²) in [5, 5.41) is -0.951. The van der Waals surface area contributed by atoms with Gasteiger partial charge < -0.3 is 0 Å². The molecular formula is C15H14Cl2O2. The van der Waals surface area contributed by atoms with Crippen LogP contribution in [0.25, 0.3) is 0 Å². The van der Waals surface area contributed by atoms with Gasteiger partial charge in [-0.1, -0.05) is 37.3 Å². The average Bonchev–Trinajstić information content (AvgIpc) is 2.38. The van der Waals surface area contributed by atoms with Gasteiger partial charge in [0.2, 0.25) is 0 Å². The molecule has 0 saturated heterocycles. The van der Waals surface area contributed by atoms with E-state index < -0.39 is 10.5 Å². The Morgan fingerprint density at radius 2 is 1.74 bits per heavy atom. The van der Waals surface area contributed by atoms with Gasteiger partial charge in [-0.15, -0.1) is 0 Å². The van der Waals surface area contributed by atoms with Crippen molar-refractivity contribution in [1.82, 2.24) is 0 Å². The number of hydrogen-bond acceptors (Lipinski definition) is 2. The lowest BCUT2D eigenvalue weighted by molar-refractivity contribution is -0.108. The van der Waals surface area contributed by atoms with Crippen LogP contribution in [0.5, 0.6) is 0 Å². The van der Waals surface area contributed by atoms with Crippen LogP contribution in [0.3, 0.4) is 0 Å². The van der Waals surface area contributed by atoms with E-state index in [1.165, 1.54) is 0 Å². The van der Waals surface area contributed by atoms with Crippen LogP contribution in [0.2, 0.25) is 0 Å². The summed E-state index contributed by atoms with van der Waals surface area (Å²) in [5.41, 5.74) is 1.95. The maximum Gasteiger partial charge on any atom is 0.252 e. The van der Waals surface area contributed by atoms with E-state index in [0.29, 0.717) is 11.1 Å². The van der Waals surface area contributed by atoms with Crippen LogP contribution in [-0.2, 0) is 4.79 Å². The molecule has 100 valence electrons. The first kappa shape index (κ1) is 15.7. The molecular weight excluding hydrogens is 283 g/mol. The molecule has 0 aromatic heterocycles. The molecule has 0 aliphatic rings. The zero-order valence-corrected chi connectivity index (χ0v) is 12.2. The van der Waals surface area contributed by atoms with E-state index in [1.807, 2.05) is 25.1 Å². The van der Waals surface area contributed by atoms with E-state index in [1.54, 1.807) is 31.2 Å². The lowest BCUT2D eigenvalue weighted by atomic mass is 9.99. The summed E-state index contributed by atoms with van der Waals surface area (Å²) in [7, 11) is 0. The van der Waals surface area contributed by atoms with Gasteiger partial charge in [0.05, 0.1) is 0 Å². The summed E-state index contributed by atoms with van der Waals surface area (Å²) < 4.78 is 0. The number of hydrogen-bond donors (Lipinski definition) is 0. The van der Waals surface area contributed by atoms with E-state index in [-0.39, 0.29) is 5.92 Å². The zero-order chi connectivity index (χ0) is 14.4. The van der Waals surface area contributed by atoms with Gasteiger partial charge >= 0.3 is 0 Å². The van der Waals surface area contributed by atoms with Gasteiger partial charge in [-0.25, -0.2) is 0 Å². The van der Waals surface area contributed by atoms with E-state index in [0.717, 1.165) is 5.56 Å². The van der Waals surface area contributed by atoms with Crippen molar-refractivity contribution in [2.45, 2.75) is 19.8 Å². The first-order valence-electron chi connectivity index (χ1n) is 5.79. The molecule has 0 aliphatic carbocycles. The highest BCUT2D eigenvalue weighted by atomic mass is 35.5. The molecule has 2 nitrogen and oxygen atoms in total. The third kappa shape index (κ3) is 4.66. The van der Waals surface area contributed by atoms with Crippen LogP contribution >= 0.6 is 23.2 Å². The Kier molecular flexibility index (Phi) is 6.00. The maximum absolute atomic E-state index is 11.0. The molecule has 4 heteroatoms. The number of rotatable bonds is 5. The molecule has 0 bridgehead atoms. The number of carbonyl (C=O) groups is 2. The van der Waals surface area contributed by atoms with Crippen molar-refractivity contribution in [1.29, 1.82) is 0 Å². The minimum atomic E-state index is -0.478. The van der Waals surface area contributed by atoms with Crippen molar-refractivity contribution in [2.24, 2.45) is 0 Å². The molecule has 0 N–H and O–H groups in total. The minimum absolute atomic E-state index is 0.102. The lowest BCUT2D eigenvalue weighted by Crippen LogP contribution is -1.94. The molecule has 1 atom stereocenters. The standard InChI is InChI=1S/C15H14Cl2O2/c1-3-11(14(16)18)5-4-10(2)12-6-8-13(9-7-12)15(17)19/h3-10H,1-2H3/b5-4-,11-3+. The Labute approximate surface area is 122 Å². The fourth-order valence-corrected chi connectivity index (χ4v) is 1.85. The smallest absolute Gasteiger partial charge is 0.252 e. The van der Waals surface area contributed by atoms with E-state index in [9.17, 15) is 9.59 Å². The SMILES string of the molecule is C/C=C(\C=C/C(C)c1ccc(C(=O)Cl)cc1)C(=O)Cl. The van der Waals surface area contributed by atoms with Crippen molar-refractivity contribution in [3.8, 4) is 0 Å². The van der Waals surface area contributed by atoms with Crippen LogP contribution in [0.4, 0.5) is 0 Å². The Hall–Kier alpha value is -1.38. The summed E-state index contributed by atoms with van der Waals surface area (Å²) in [6.07, 6.45) is 5.24. The van der Waals surface area contributed by atoms with E-state index >= 15 is 0 Å². The Morgan fingerprint density at radius 1 is 1.16 bits per heavy atom. The van der Waals surface area contributed by atoms with Gasteiger partial charge in [0, 0.05) is 11.1 Å². The normalized spacial score (nSPS) is 13.6. The highest BCUT2D eigenvalue weighted by molar-refractivity contribution is 6.68. The average molecular weight is 297 g/mol. The topological polar surface area (TPSA) is 34.1 Å². The van der Waals surface area contributed by atoms with Crippen LogP contribution in [-0.4, -0.2) is 10.5 Å². The number of allylic oxidation sites excluding steroid dienone is 4. The Morgan fingerprint density at radius 3 is 2.16 bits per heavy atom. The number of halogens is 2. The van der Waals surface area contributed by atoms with Gasteiger partial charge in [0.1, 0.15) is 0 Å². The molecule has 1 aromatic carbocycles. The number of carbonyl (C=O) groups excluding carboxylic acids is 2. The van der Waals surface area contributed by atoms with Crippen molar-refractivity contribution < 1.29 is 9.59 Å². The minimum Gasteiger partial charge on any atom is -0.276 e. The van der Waals surface area contributed by atoms with Gasteiger partial charge in [0.15, 0.2) is 0 Å². The fourth-order valence-electron chi connectivity index (χ4n) is 1.55. The summed E-state index contributed by atoms with van der Waals surface area (Å²) in [4.78, 5) is 22.0. The van der Waals surface area contributed by atoms with Crippen molar-refractivity contribution in [3.05, 3.63) is 59.2 Å². The van der Waals surface area contributed by atoms with Crippen LogP contribution in [0.1, 0.15) is 35.7 Å². The molecule has 0 fully saturated rings. The van der Waals surface area contributed by atoms with Crippen molar-refractivity contribution in [3.63, 3.8) is 0 Å². The highest BCUT2D eigenvalue weighted by Gasteiger charge is 2.06. The molecule has 1 aromatic rings. The molecule has 1 unspecified atom stereocenters. The van der Waals surface area contributed by atoms with Crippen molar-refractivity contribution >= 4 is 33.7 Å². The molecule has 0 saturated carbocycles. The molecule has 0 amide bonds. The summed E-state index contributed by atoms with van der Waals surface area (Å²) in [6.45, 7) is 3.74. The van der Waals surface area contributed by atoms with E-state index in [2.05, 4.69) is 0 Å². The monoisotopic (exact) mass is 296 g/mol. The predicted molar refractivity (Wildman–Crippen MR) is 78.8 cm³/mol. The third-order valence-corrected chi connectivity index (χ3v) is 3.20. The van der Waals surface area contributed by atoms with Gasteiger partial charge in [-0.2, -0.15) is 0 Å². The third-order valence-electron chi connectivity index (χ3n) is 2.77. The molecule has 0 spiro atoms. The van der Waals surface area contributed by atoms with Gasteiger partial charge in [0.25, 0.3) is 10.5 Å². The second-order valence-electron chi connectivity index (χ2n) is 4.06. The Bertz CT molecular complexity index is 528. The molecule has 1 rings (SSSR count). The van der Waals surface area contributed by atoms with E-state index in [4.69, 9.17) is 23.2 Å². The summed E-state index contributed by atoms with van der Waals surface area (Å²) >= 11 is 10.8. The van der Waals surface area contributed by atoms with Crippen LogP contribution in [0.15, 0.2) is 48.1 Å². The summed E-state index contributed by atoms with van der Waals surface area (Å²) in [5.74, 6) is 0.102. The van der Waals surface area contributed by atoms with Crippen LogP contribution < -0.4 is 0 Å². The van der Waals surface area contributed by atoms with Gasteiger partial charge in [-0.3, -0.25) is 9.59 Å². The first-order valence-corrected chi connectivity index (χ1v) is 6.55. The fraction of sp³-hybridized carbons (Fsp3) is 0.200. The van der Waals surface area contributed by atoms with Gasteiger partial charge in [-0.05, 0) is 53.7 Å². The maximum atomic E-state index is 11.0. The molecule has 0 aliphatic heterocycles. The van der Waals surface area contributed by atoms with Crippen molar-refractivity contribution in [2.75, 3.05) is 0 Å². The second kappa shape index (κ2) is 7.27. The largest absolute Gasteiger partial charge is 0.276 e. The lowest BCUT2D eigenvalue weighted by Gasteiger charge is -2.07. The predicted octanol–water partition coefficient (Wildman–Crippen LogP) is 4.44. The second-order valence-corrected chi connectivity index (χ2v) is 4.75. The van der Waals surface area contributed by atoms with Crippen LogP contribution in [0, 0.1) is 0 Å². The first-order chi connectivity index (χ1) is 8.95. The quantitative estimate of drug-likeness (QED) is 0.457. The summed E-state index contributed by atoms with van der Waals surface area (Å²) in [6, 6.07) is 7.03. The number of benzene rings is 1.